The van der Waals surface area contributed by atoms with Crippen molar-refractivity contribution < 1.29 is 0 Å². The molecule has 1 saturated carbocycles. The van der Waals surface area contributed by atoms with E-state index in [4.69, 9.17) is 0 Å². The van der Waals surface area contributed by atoms with Gasteiger partial charge < -0.3 is 0 Å². The highest BCUT2D eigenvalue weighted by molar-refractivity contribution is 5.38. The summed E-state index contributed by atoms with van der Waals surface area (Å²) in [4.78, 5) is 0. The van der Waals surface area contributed by atoms with Gasteiger partial charge in [0.15, 0.2) is 0 Å². The average molecular weight is 188 g/mol. The molecule has 76 valence electrons. The minimum Gasteiger partial charge on any atom is -0.0797 e. The van der Waals surface area contributed by atoms with Crippen molar-refractivity contribution in [3.8, 4) is 0 Å². The van der Waals surface area contributed by atoms with Crippen molar-refractivity contribution in [2.45, 2.75) is 34.6 Å². The van der Waals surface area contributed by atoms with E-state index in [0.29, 0.717) is 23.2 Å². The fourth-order valence-corrected chi connectivity index (χ4v) is 3.02. The van der Waals surface area contributed by atoms with Crippen LogP contribution in [0.15, 0.2) is 23.3 Å². The molecule has 0 spiro atoms. The molecule has 2 aliphatic rings. The summed E-state index contributed by atoms with van der Waals surface area (Å²) in [5.41, 5.74) is 3.35. The molecule has 0 amide bonds. The SMILES string of the molecule is CC1=C(C)C2(C)C([C]C(C)C2C)C=C1. The van der Waals surface area contributed by atoms with Gasteiger partial charge in [-0.1, -0.05) is 44.1 Å². The third kappa shape index (κ3) is 1.06. The van der Waals surface area contributed by atoms with Crippen LogP contribution in [-0.4, -0.2) is 0 Å². The van der Waals surface area contributed by atoms with Crippen LogP contribution in [0.2, 0.25) is 0 Å². The van der Waals surface area contributed by atoms with Crippen LogP contribution in [0.4, 0.5) is 0 Å². The number of rotatable bonds is 0. The monoisotopic (exact) mass is 188 g/mol. The Labute approximate surface area is 88.1 Å². The van der Waals surface area contributed by atoms with E-state index in [1.807, 2.05) is 0 Å². The Morgan fingerprint density at radius 1 is 1.29 bits per heavy atom. The second kappa shape index (κ2) is 2.98. The maximum atomic E-state index is 3.68. The molecule has 2 aliphatic carbocycles. The van der Waals surface area contributed by atoms with Crippen LogP contribution in [0, 0.1) is 29.6 Å². The molecule has 0 heteroatoms. The molecule has 0 aromatic carbocycles. The molecular formula is C14H20. The van der Waals surface area contributed by atoms with Crippen molar-refractivity contribution in [1.29, 1.82) is 0 Å². The summed E-state index contributed by atoms with van der Waals surface area (Å²) in [6, 6.07) is 0. The minimum absolute atomic E-state index is 0.332. The molecule has 0 heterocycles. The van der Waals surface area contributed by atoms with Gasteiger partial charge in [-0.2, -0.15) is 0 Å². The van der Waals surface area contributed by atoms with Crippen LogP contribution in [0.3, 0.4) is 0 Å². The lowest BCUT2D eigenvalue weighted by Crippen LogP contribution is -2.31. The second-order valence-electron chi connectivity index (χ2n) is 5.17. The first-order chi connectivity index (χ1) is 6.48. The third-order valence-corrected chi connectivity index (χ3v) is 4.72. The van der Waals surface area contributed by atoms with Crippen LogP contribution in [-0.2, 0) is 0 Å². The summed E-state index contributed by atoms with van der Waals surface area (Å²) in [5, 5.41) is 0. The summed E-state index contributed by atoms with van der Waals surface area (Å²) in [6.45, 7) is 11.6. The van der Waals surface area contributed by atoms with Crippen LogP contribution in [0.25, 0.3) is 0 Å². The largest absolute Gasteiger partial charge is 0.0797 e. The Kier molecular flexibility index (Phi) is 2.13. The average Bonchev–Trinajstić information content (AvgIpc) is 2.38. The van der Waals surface area contributed by atoms with Crippen molar-refractivity contribution in [2.75, 3.05) is 0 Å². The van der Waals surface area contributed by atoms with Gasteiger partial charge in [-0.25, -0.2) is 0 Å². The van der Waals surface area contributed by atoms with E-state index in [0.717, 1.165) is 0 Å². The smallest absolute Gasteiger partial charge is 0.00164 e. The van der Waals surface area contributed by atoms with Gasteiger partial charge in [-0.05, 0) is 43.4 Å². The predicted molar refractivity (Wildman–Crippen MR) is 60.7 cm³/mol. The fraction of sp³-hybridized carbons (Fsp3) is 0.643. The molecule has 1 fully saturated rings. The first kappa shape index (κ1) is 10.0. The Morgan fingerprint density at radius 3 is 2.57 bits per heavy atom. The molecule has 2 radical (unpaired) electrons. The molecule has 0 nitrogen and oxygen atoms in total. The predicted octanol–water partition coefficient (Wildman–Crippen LogP) is 3.88. The summed E-state index contributed by atoms with van der Waals surface area (Å²) in [7, 11) is 0. The lowest BCUT2D eigenvalue weighted by molar-refractivity contribution is 0.234. The van der Waals surface area contributed by atoms with E-state index in [9.17, 15) is 0 Å². The van der Waals surface area contributed by atoms with E-state index < -0.39 is 0 Å². The third-order valence-electron chi connectivity index (χ3n) is 4.72. The van der Waals surface area contributed by atoms with E-state index in [1.165, 1.54) is 5.57 Å². The molecule has 0 aromatic heterocycles. The molecule has 4 atom stereocenters. The molecule has 0 N–H and O–H groups in total. The van der Waals surface area contributed by atoms with Crippen molar-refractivity contribution >= 4 is 0 Å². The first-order valence-electron chi connectivity index (χ1n) is 5.60. The van der Waals surface area contributed by atoms with Crippen molar-refractivity contribution in [3.05, 3.63) is 29.7 Å². The molecule has 0 aliphatic heterocycles. The van der Waals surface area contributed by atoms with Crippen LogP contribution >= 0.6 is 0 Å². The topological polar surface area (TPSA) is 0 Å². The zero-order chi connectivity index (χ0) is 10.5. The summed E-state index contributed by atoms with van der Waals surface area (Å²) >= 11 is 0. The van der Waals surface area contributed by atoms with Gasteiger partial charge in [-0.15, -0.1) is 0 Å². The zero-order valence-electron chi connectivity index (χ0n) is 9.89. The fourth-order valence-electron chi connectivity index (χ4n) is 3.02. The van der Waals surface area contributed by atoms with E-state index in [-0.39, 0.29) is 0 Å². The Morgan fingerprint density at radius 2 is 1.93 bits per heavy atom. The molecule has 0 bridgehead atoms. The Hall–Kier alpha value is -0.520. The number of hydrogen-bond donors (Lipinski definition) is 0. The number of allylic oxidation sites excluding steroid dienone is 4. The molecule has 4 unspecified atom stereocenters. The second-order valence-corrected chi connectivity index (χ2v) is 5.17. The van der Waals surface area contributed by atoms with E-state index >= 15 is 0 Å². The highest BCUT2D eigenvalue weighted by Gasteiger charge is 2.49. The lowest BCUT2D eigenvalue weighted by Gasteiger charge is -2.39. The molecule has 0 saturated heterocycles. The highest BCUT2D eigenvalue weighted by Crippen LogP contribution is 2.57. The molecule has 2 rings (SSSR count). The van der Waals surface area contributed by atoms with Crippen LogP contribution in [0.5, 0.6) is 0 Å². The Bertz CT molecular complexity index is 308. The summed E-state index contributed by atoms with van der Waals surface area (Å²) in [5.74, 6) is 1.87. The maximum absolute atomic E-state index is 3.68. The van der Waals surface area contributed by atoms with Crippen LogP contribution in [0.1, 0.15) is 34.6 Å². The lowest BCUT2D eigenvalue weighted by atomic mass is 9.65. The Balaban J connectivity index is 2.48. The molecule has 14 heavy (non-hydrogen) atoms. The first-order valence-corrected chi connectivity index (χ1v) is 5.60. The van der Waals surface area contributed by atoms with Gasteiger partial charge in [0, 0.05) is 0 Å². The van der Waals surface area contributed by atoms with E-state index in [2.05, 4.69) is 53.2 Å². The highest BCUT2D eigenvalue weighted by atomic mass is 14.5. The van der Waals surface area contributed by atoms with Gasteiger partial charge in [0.1, 0.15) is 0 Å². The normalized spacial score (nSPS) is 47.1. The van der Waals surface area contributed by atoms with Crippen LogP contribution < -0.4 is 0 Å². The van der Waals surface area contributed by atoms with Crippen molar-refractivity contribution in [1.82, 2.24) is 0 Å². The summed E-state index contributed by atoms with van der Waals surface area (Å²) in [6.07, 6.45) is 8.28. The van der Waals surface area contributed by atoms with Gasteiger partial charge in [-0.3, -0.25) is 0 Å². The van der Waals surface area contributed by atoms with Gasteiger partial charge in [0.2, 0.25) is 0 Å². The van der Waals surface area contributed by atoms with Crippen molar-refractivity contribution in [3.63, 3.8) is 0 Å². The van der Waals surface area contributed by atoms with E-state index in [1.54, 1.807) is 5.57 Å². The van der Waals surface area contributed by atoms with Gasteiger partial charge >= 0.3 is 0 Å². The van der Waals surface area contributed by atoms with Gasteiger partial charge in [0.05, 0.1) is 0 Å². The molecular weight excluding hydrogens is 168 g/mol. The van der Waals surface area contributed by atoms with Crippen molar-refractivity contribution in [2.24, 2.45) is 23.2 Å². The zero-order valence-corrected chi connectivity index (χ0v) is 9.89. The minimum atomic E-state index is 0.332. The van der Waals surface area contributed by atoms with Gasteiger partial charge in [0.25, 0.3) is 0 Å². The molecule has 0 aromatic rings. The standard InChI is InChI=1S/C14H20/c1-9-6-7-13-8-10(2)12(4)14(13,5)11(9)3/h6-7,10,12-13H,1-5H3. The maximum Gasteiger partial charge on any atom is -0.00164 e. The number of hydrogen-bond acceptors (Lipinski definition) is 0. The summed E-state index contributed by atoms with van der Waals surface area (Å²) < 4.78 is 0. The number of fused-ring (bicyclic) bond motifs is 1. The quantitative estimate of drug-likeness (QED) is 0.541.